The lowest BCUT2D eigenvalue weighted by atomic mass is 10.2. The Kier molecular flexibility index (Phi) is 6.08. The molecule has 0 aliphatic rings. The molecular formula is C19H14BrClN2O2S. The molecule has 132 valence electrons. The number of amides is 1. The van der Waals surface area contributed by atoms with Gasteiger partial charge in [-0.2, -0.15) is 5.10 Å². The predicted octanol–water partition coefficient (Wildman–Crippen LogP) is 5.65. The summed E-state index contributed by atoms with van der Waals surface area (Å²) in [6.07, 6.45) is 3.19. The van der Waals surface area contributed by atoms with Crippen LogP contribution in [0.1, 0.15) is 15.2 Å². The number of nitrogens with zero attached hydrogens (tertiary/aromatic N) is 1. The van der Waals surface area contributed by atoms with Crippen molar-refractivity contribution in [1.29, 1.82) is 0 Å². The first-order valence-corrected chi connectivity index (χ1v) is 9.62. The largest absolute Gasteiger partial charge is 0.489 e. The van der Waals surface area contributed by atoms with E-state index < -0.39 is 0 Å². The molecule has 1 N–H and O–H groups in total. The van der Waals surface area contributed by atoms with Crippen LogP contribution < -0.4 is 10.2 Å². The number of carbonyl (C=O) groups is 1. The minimum atomic E-state index is -0.351. The van der Waals surface area contributed by atoms with Crippen LogP contribution in [0.15, 0.2) is 64.7 Å². The molecule has 3 aromatic rings. The van der Waals surface area contributed by atoms with Crippen molar-refractivity contribution in [3.8, 4) is 5.75 Å². The normalized spacial score (nSPS) is 11.0. The zero-order valence-corrected chi connectivity index (χ0v) is 16.7. The predicted molar refractivity (Wildman–Crippen MR) is 112 cm³/mol. The van der Waals surface area contributed by atoms with Gasteiger partial charge in [-0.1, -0.05) is 58.4 Å². The molecule has 0 fully saturated rings. The third-order valence-corrected chi connectivity index (χ3v) is 5.61. The second-order valence-corrected chi connectivity index (χ2v) is 7.57. The average Bonchev–Trinajstić information content (AvgIpc) is 2.98. The molecule has 3 rings (SSSR count). The van der Waals surface area contributed by atoms with Crippen LogP contribution in [-0.4, -0.2) is 18.7 Å². The molecule has 1 heterocycles. The van der Waals surface area contributed by atoms with E-state index >= 15 is 0 Å². The third kappa shape index (κ3) is 4.15. The maximum Gasteiger partial charge on any atom is 0.283 e. The first-order chi connectivity index (χ1) is 12.6. The van der Waals surface area contributed by atoms with Crippen molar-refractivity contribution in [3.05, 3.63) is 75.1 Å². The van der Waals surface area contributed by atoms with E-state index in [4.69, 9.17) is 16.3 Å². The van der Waals surface area contributed by atoms with Crippen molar-refractivity contribution in [2.45, 2.75) is 0 Å². The van der Waals surface area contributed by atoms with Crippen LogP contribution in [0.5, 0.6) is 5.75 Å². The summed E-state index contributed by atoms with van der Waals surface area (Å²) in [7, 11) is 0. The van der Waals surface area contributed by atoms with Gasteiger partial charge in [0.05, 0.1) is 11.2 Å². The molecule has 2 aromatic carbocycles. The molecule has 0 saturated heterocycles. The summed E-state index contributed by atoms with van der Waals surface area (Å²) in [5.41, 5.74) is 3.24. The molecule has 0 bridgehead atoms. The van der Waals surface area contributed by atoms with Crippen LogP contribution >= 0.6 is 38.9 Å². The Hall–Kier alpha value is -2.15. The number of hydrazone groups is 1. The molecule has 0 aliphatic carbocycles. The van der Waals surface area contributed by atoms with E-state index in [0.29, 0.717) is 22.3 Å². The molecule has 1 amide bonds. The number of hydrogen-bond donors (Lipinski definition) is 1. The molecule has 4 nitrogen and oxygen atoms in total. The monoisotopic (exact) mass is 448 g/mol. The Balaban J connectivity index is 1.77. The number of hydrogen-bond acceptors (Lipinski definition) is 4. The SMILES string of the molecule is C=CCOc1ccc(Br)cc1/C=N\NC(=O)c1sc2ccccc2c1Cl. The molecule has 26 heavy (non-hydrogen) atoms. The van der Waals surface area contributed by atoms with Gasteiger partial charge in [0.15, 0.2) is 0 Å². The highest BCUT2D eigenvalue weighted by atomic mass is 79.9. The fourth-order valence-corrected chi connectivity index (χ4v) is 4.06. The zero-order valence-electron chi connectivity index (χ0n) is 13.5. The van der Waals surface area contributed by atoms with Gasteiger partial charge in [0.2, 0.25) is 0 Å². The zero-order chi connectivity index (χ0) is 18.5. The first-order valence-electron chi connectivity index (χ1n) is 7.64. The minimum Gasteiger partial charge on any atom is -0.489 e. The van der Waals surface area contributed by atoms with Gasteiger partial charge < -0.3 is 4.74 Å². The summed E-state index contributed by atoms with van der Waals surface area (Å²) in [6.45, 7) is 4.01. The number of ether oxygens (including phenoxy) is 1. The van der Waals surface area contributed by atoms with E-state index in [0.717, 1.165) is 20.1 Å². The summed E-state index contributed by atoms with van der Waals surface area (Å²) in [5, 5.41) is 5.34. The highest BCUT2D eigenvalue weighted by Crippen LogP contribution is 2.34. The topological polar surface area (TPSA) is 50.7 Å². The molecular weight excluding hydrogens is 436 g/mol. The van der Waals surface area contributed by atoms with Crippen molar-refractivity contribution in [2.75, 3.05) is 6.61 Å². The molecule has 0 spiro atoms. The van der Waals surface area contributed by atoms with Crippen LogP contribution in [-0.2, 0) is 0 Å². The second-order valence-electron chi connectivity index (χ2n) is 5.22. The van der Waals surface area contributed by atoms with Crippen LogP contribution in [0, 0.1) is 0 Å². The molecule has 0 saturated carbocycles. The quantitative estimate of drug-likeness (QED) is 0.300. The number of halogens is 2. The Morgan fingerprint density at radius 3 is 2.92 bits per heavy atom. The lowest BCUT2D eigenvalue weighted by Crippen LogP contribution is -2.16. The van der Waals surface area contributed by atoms with Gasteiger partial charge in [-0.15, -0.1) is 11.3 Å². The summed E-state index contributed by atoms with van der Waals surface area (Å²) in [4.78, 5) is 12.8. The summed E-state index contributed by atoms with van der Waals surface area (Å²) in [6, 6.07) is 13.1. The van der Waals surface area contributed by atoms with Crippen molar-refractivity contribution < 1.29 is 9.53 Å². The highest BCUT2D eigenvalue weighted by Gasteiger charge is 2.16. The molecule has 0 radical (unpaired) electrons. The third-order valence-electron chi connectivity index (χ3n) is 3.44. The van der Waals surface area contributed by atoms with Crippen LogP contribution in [0.3, 0.4) is 0 Å². The minimum absolute atomic E-state index is 0.351. The molecule has 1 aromatic heterocycles. The fourth-order valence-electron chi connectivity index (χ4n) is 2.27. The van der Waals surface area contributed by atoms with E-state index in [2.05, 4.69) is 33.0 Å². The van der Waals surface area contributed by atoms with Crippen molar-refractivity contribution in [3.63, 3.8) is 0 Å². The number of fused-ring (bicyclic) bond motifs is 1. The Morgan fingerprint density at radius 2 is 2.15 bits per heavy atom. The smallest absolute Gasteiger partial charge is 0.283 e. The number of benzene rings is 2. The van der Waals surface area contributed by atoms with Crippen LogP contribution in [0.4, 0.5) is 0 Å². The lowest BCUT2D eigenvalue weighted by Gasteiger charge is -2.07. The number of rotatable bonds is 6. The standard InChI is InChI=1S/C19H14BrClN2O2S/c1-2-9-25-15-8-7-13(20)10-12(15)11-22-23-19(24)18-17(21)14-5-3-4-6-16(14)26-18/h2-8,10-11H,1,9H2,(H,23,24)/b22-11-. The van der Waals surface area contributed by atoms with E-state index in [-0.39, 0.29) is 5.91 Å². The van der Waals surface area contributed by atoms with Gasteiger partial charge >= 0.3 is 0 Å². The Bertz CT molecular complexity index is 1000. The van der Waals surface area contributed by atoms with Gasteiger partial charge in [0.1, 0.15) is 17.2 Å². The average molecular weight is 450 g/mol. The van der Waals surface area contributed by atoms with E-state index in [1.807, 2.05) is 42.5 Å². The maximum atomic E-state index is 12.4. The number of nitrogens with one attached hydrogen (secondary N) is 1. The highest BCUT2D eigenvalue weighted by molar-refractivity contribution is 9.10. The maximum absolute atomic E-state index is 12.4. The molecule has 0 atom stereocenters. The molecule has 0 unspecified atom stereocenters. The van der Waals surface area contributed by atoms with Crippen LogP contribution in [0.25, 0.3) is 10.1 Å². The van der Waals surface area contributed by atoms with Crippen LogP contribution in [0.2, 0.25) is 5.02 Å². The first kappa shape index (κ1) is 18.6. The van der Waals surface area contributed by atoms with Gasteiger partial charge in [0, 0.05) is 20.1 Å². The van der Waals surface area contributed by atoms with Crippen molar-refractivity contribution >= 4 is 61.1 Å². The van der Waals surface area contributed by atoms with Gasteiger partial charge in [-0.05, 0) is 24.3 Å². The Labute approximate surface area is 168 Å². The summed E-state index contributed by atoms with van der Waals surface area (Å²) in [5.74, 6) is 0.294. The fraction of sp³-hybridized carbons (Fsp3) is 0.0526. The van der Waals surface area contributed by atoms with Gasteiger partial charge in [-0.3, -0.25) is 4.79 Å². The van der Waals surface area contributed by atoms with Crippen molar-refractivity contribution in [2.24, 2.45) is 5.10 Å². The van der Waals surface area contributed by atoms with Crippen molar-refractivity contribution in [1.82, 2.24) is 5.43 Å². The molecule has 7 heteroatoms. The van der Waals surface area contributed by atoms with E-state index in [1.165, 1.54) is 17.6 Å². The summed E-state index contributed by atoms with van der Waals surface area (Å²) < 4.78 is 7.42. The second kappa shape index (κ2) is 8.49. The lowest BCUT2D eigenvalue weighted by molar-refractivity contribution is 0.0959. The number of thiophene rings is 1. The molecule has 0 aliphatic heterocycles. The Morgan fingerprint density at radius 1 is 1.35 bits per heavy atom. The van der Waals surface area contributed by atoms with E-state index in [9.17, 15) is 4.79 Å². The van der Waals surface area contributed by atoms with Gasteiger partial charge in [0.25, 0.3) is 5.91 Å². The number of carbonyl (C=O) groups excluding carboxylic acids is 1. The summed E-state index contributed by atoms with van der Waals surface area (Å²) >= 11 is 11.1. The van der Waals surface area contributed by atoms with Gasteiger partial charge in [-0.25, -0.2) is 5.43 Å². The van der Waals surface area contributed by atoms with E-state index in [1.54, 1.807) is 6.08 Å².